The number of amides is 1. The summed E-state index contributed by atoms with van der Waals surface area (Å²) in [6.45, 7) is 6.45. The summed E-state index contributed by atoms with van der Waals surface area (Å²) < 4.78 is 7.67. The van der Waals surface area contributed by atoms with Crippen LogP contribution in [-0.2, 0) is 6.42 Å². The maximum Gasteiger partial charge on any atom is 0.257 e. The van der Waals surface area contributed by atoms with Gasteiger partial charge >= 0.3 is 0 Å². The van der Waals surface area contributed by atoms with Gasteiger partial charge in [-0.1, -0.05) is 43.6 Å². The summed E-state index contributed by atoms with van der Waals surface area (Å²) in [5.74, 6) is 0.715. The number of ether oxygens (including phenoxy) is 1. The van der Waals surface area contributed by atoms with Gasteiger partial charge in [0.05, 0.1) is 12.8 Å². The first-order chi connectivity index (χ1) is 15.8. The van der Waals surface area contributed by atoms with Crippen LogP contribution in [0.4, 0.5) is 0 Å². The van der Waals surface area contributed by atoms with E-state index in [9.17, 15) is 9.59 Å². The molecule has 0 aliphatic carbocycles. The number of methoxy groups -OCH3 is 1. The fourth-order valence-electron chi connectivity index (χ4n) is 4.19. The number of carbonyl (C=O) groups is 1. The average molecular weight is 483 g/mol. The number of nitrogens with one attached hydrogen (secondary N) is 1. The molecule has 7 heteroatoms. The number of carbonyl (C=O) groups excluding carboxylic acids is 1. The molecule has 0 spiro atoms. The predicted molar refractivity (Wildman–Crippen MR) is 134 cm³/mol. The number of halogens is 1. The van der Waals surface area contributed by atoms with E-state index in [2.05, 4.69) is 5.32 Å². The third-order valence-electron chi connectivity index (χ3n) is 5.69. The minimum atomic E-state index is -0.335. The van der Waals surface area contributed by atoms with Gasteiger partial charge in [-0.25, -0.2) is 0 Å². The maximum atomic E-state index is 13.2. The van der Waals surface area contributed by atoms with Gasteiger partial charge in [0.1, 0.15) is 11.3 Å². The molecule has 1 amide bonds. The number of pyridine rings is 1. The summed E-state index contributed by atoms with van der Waals surface area (Å²) in [5.41, 5.74) is 3.33. The summed E-state index contributed by atoms with van der Waals surface area (Å²) >= 11 is 8.03. The number of rotatable bonds is 5. The second kappa shape index (κ2) is 9.65. The molecular formula is C26H27ClN2O3S. The minimum Gasteiger partial charge on any atom is -0.496 e. The van der Waals surface area contributed by atoms with Crippen LogP contribution in [0, 0.1) is 12.8 Å². The largest absolute Gasteiger partial charge is 0.496 e. The van der Waals surface area contributed by atoms with E-state index in [0.717, 1.165) is 27.6 Å². The van der Waals surface area contributed by atoms with Crippen molar-refractivity contribution in [3.63, 3.8) is 0 Å². The van der Waals surface area contributed by atoms with Crippen LogP contribution >= 0.6 is 23.4 Å². The van der Waals surface area contributed by atoms with Crippen LogP contribution < -0.4 is 15.5 Å². The second-order valence-corrected chi connectivity index (χ2v) is 10.3. The van der Waals surface area contributed by atoms with Crippen molar-refractivity contribution >= 4 is 29.3 Å². The van der Waals surface area contributed by atoms with E-state index in [-0.39, 0.29) is 28.1 Å². The summed E-state index contributed by atoms with van der Waals surface area (Å²) in [7, 11) is 1.65. The fraction of sp³-hybridized carbons (Fsp3) is 0.308. The lowest BCUT2D eigenvalue weighted by atomic mass is 10.0. The van der Waals surface area contributed by atoms with E-state index in [0.29, 0.717) is 23.7 Å². The summed E-state index contributed by atoms with van der Waals surface area (Å²) in [5, 5.41) is 3.49. The SMILES string of the molecule is COc1ccccc1C1Cc2c(C(=O)NCC(C)C)c(=O)cc(C)n2-c2ccc(Cl)cc2S1. The van der Waals surface area contributed by atoms with E-state index in [1.54, 1.807) is 24.9 Å². The lowest BCUT2D eigenvalue weighted by molar-refractivity contribution is 0.0946. The highest BCUT2D eigenvalue weighted by atomic mass is 35.5. The van der Waals surface area contributed by atoms with Gasteiger partial charge in [-0.3, -0.25) is 9.59 Å². The highest BCUT2D eigenvalue weighted by Gasteiger charge is 2.30. The third-order valence-corrected chi connectivity index (χ3v) is 7.21. The van der Waals surface area contributed by atoms with Gasteiger partial charge in [-0.05, 0) is 37.1 Å². The van der Waals surface area contributed by atoms with Crippen molar-refractivity contribution in [3.8, 4) is 11.4 Å². The van der Waals surface area contributed by atoms with Gasteiger partial charge in [0.2, 0.25) is 0 Å². The lowest BCUT2D eigenvalue weighted by Crippen LogP contribution is -2.34. The zero-order valence-corrected chi connectivity index (χ0v) is 20.7. The molecule has 1 N–H and O–H groups in total. The third kappa shape index (κ3) is 4.68. The first-order valence-electron chi connectivity index (χ1n) is 10.9. The van der Waals surface area contributed by atoms with Crippen LogP contribution in [0.2, 0.25) is 5.02 Å². The molecule has 1 unspecified atom stereocenters. The van der Waals surface area contributed by atoms with Gasteiger partial charge in [-0.15, -0.1) is 11.8 Å². The highest BCUT2D eigenvalue weighted by molar-refractivity contribution is 7.99. The summed E-state index contributed by atoms with van der Waals surface area (Å²) in [6.07, 6.45) is 0.485. The number of fused-ring (bicyclic) bond motifs is 3. The first-order valence-corrected chi connectivity index (χ1v) is 12.2. The molecule has 0 bridgehead atoms. The summed E-state index contributed by atoms with van der Waals surface area (Å²) in [4.78, 5) is 27.3. The van der Waals surface area contributed by atoms with Crippen LogP contribution in [0.3, 0.4) is 0 Å². The fourth-order valence-corrected chi connectivity index (χ4v) is 5.78. The Morgan fingerprint density at radius 3 is 2.73 bits per heavy atom. The van der Waals surface area contributed by atoms with Crippen molar-refractivity contribution in [2.75, 3.05) is 13.7 Å². The van der Waals surface area contributed by atoms with E-state index in [1.165, 1.54) is 0 Å². The Kier molecular flexibility index (Phi) is 6.86. The van der Waals surface area contributed by atoms with Crippen molar-refractivity contribution < 1.29 is 9.53 Å². The van der Waals surface area contributed by atoms with E-state index < -0.39 is 0 Å². The topological polar surface area (TPSA) is 60.3 Å². The first kappa shape index (κ1) is 23.5. The monoisotopic (exact) mass is 482 g/mol. The predicted octanol–water partition coefficient (Wildman–Crippen LogP) is 5.58. The number of nitrogens with zero attached hydrogens (tertiary/aromatic N) is 1. The van der Waals surface area contributed by atoms with Gasteiger partial charge in [0.15, 0.2) is 5.43 Å². The van der Waals surface area contributed by atoms with Crippen molar-refractivity contribution in [1.29, 1.82) is 0 Å². The number of aryl methyl sites for hydroxylation is 1. The van der Waals surface area contributed by atoms with Crippen molar-refractivity contribution in [3.05, 3.63) is 86.3 Å². The van der Waals surface area contributed by atoms with Gasteiger partial charge in [0.25, 0.3) is 5.91 Å². The Balaban J connectivity index is 1.97. The van der Waals surface area contributed by atoms with E-state index in [1.807, 2.05) is 67.8 Å². The molecule has 1 aliphatic heterocycles. The molecule has 1 atom stereocenters. The molecular weight excluding hydrogens is 456 g/mol. The molecule has 2 aromatic carbocycles. The minimum absolute atomic E-state index is 0.0787. The Hall–Kier alpha value is -2.70. The average Bonchev–Trinajstić information content (AvgIpc) is 2.94. The number of para-hydroxylation sites is 1. The molecule has 1 aliphatic rings. The molecule has 4 rings (SSSR count). The smallest absolute Gasteiger partial charge is 0.257 e. The van der Waals surface area contributed by atoms with Crippen LogP contribution in [-0.4, -0.2) is 24.1 Å². The molecule has 0 radical (unpaired) electrons. The lowest BCUT2D eigenvalue weighted by Gasteiger charge is -2.21. The highest BCUT2D eigenvalue weighted by Crippen LogP contribution is 2.47. The normalized spacial score (nSPS) is 14.9. The molecule has 5 nitrogen and oxygen atoms in total. The van der Waals surface area contributed by atoms with Crippen LogP contribution in [0.5, 0.6) is 5.75 Å². The number of hydrogen-bond acceptors (Lipinski definition) is 4. The Morgan fingerprint density at radius 2 is 2.00 bits per heavy atom. The molecule has 0 fully saturated rings. The van der Waals surface area contributed by atoms with Crippen LogP contribution in [0.25, 0.3) is 5.69 Å². The Morgan fingerprint density at radius 1 is 1.24 bits per heavy atom. The second-order valence-electron chi connectivity index (χ2n) is 8.58. The standard InChI is InChI=1S/C26H27ClN2O3S/c1-15(2)14-28-26(31)25-20-13-23(18-7-5-6-8-22(18)32-4)33-24-12-17(27)9-10-19(24)29(20)16(3)11-21(25)30/h5-12,15,23H,13-14H2,1-4H3,(H,28,31). The quantitative estimate of drug-likeness (QED) is 0.515. The zero-order valence-electron chi connectivity index (χ0n) is 19.1. The molecule has 1 aromatic heterocycles. The van der Waals surface area contributed by atoms with Gasteiger partial charge in [0, 0.05) is 51.2 Å². The number of benzene rings is 2. The van der Waals surface area contributed by atoms with Crippen LogP contribution in [0.15, 0.2) is 58.2 Å². The van der Waals surface area contributed by atoms with E-state index in [4.69, 9.17) is 16.3 Å². The molecule has 172 valence electrons. The number of thioether (sulfide) groups is 1. The van der Waals surface area contributed by atoms with Crippen LogP contribution in [0.1, 0.15) is 46.4 Å². The Bertz CT molecular complexity index is 1270. The van der Waals surface area contributed by atoms with E-state index >= 15 is 0 Å². The molecule has 33 heavy (non-hydrogen) atoms. The number of aromatic nitrogens is 1. The molecule has 3 aromatic rings. The van der Waals surface area contributed by atoms with Crippen molar-refractivity contribution in [1.82, 2.24) is 9.88 Å². The molecule has 2 heterocycles. The van der Waals surface area contributed by atoms with Gasteiger partial charge in [-0.2, -0.15) is 0 Å². The molecule has 0 saturated heterocycles. The zero-order chi connectivity index (χ0) is 23.7. The molecule has 0 saturated carbocycles. The maximum absolute atomic E-state index is 13.2. The Labute approximate surface area is 203 Å². The van der Waals surface area contributed by atoms with Gasteiger partial charge < -0.3 is 14.6 Å². The van der Waals surface area contributed by atoms with Crippen molar-refractivity contribution in [2.24, 2.45) is 5.92 Å². The number of hydrogen-bond donors (Lipinski definition) is 1. The summed E-state index contributed by atoms with van der Waals surface area (Å²) in [6, 6.07) is 15.1. The van der Waals surface area contributed by atoms with Crippen molar-refractivity contribution in [2.45, 2.75) is 37.3 Å².